The smallest absolute Gasteiger partial charge is 0.226 e. The number of carbonyl (C=O) groups is 1. The SMILES string of the molecule is O=C(Cc1ccccc1)N1CCC2(CC1)CC(Cc1nc(C3CC3)no1)CCO2. The average molecular weight is 396 g/mol. The third kappa shape index (κ3) is 4.37. The van der Waals surface area contributed by atoms with Crippen LogP contribution in [0, 0.1) is 5.92 Å². The minimum atomic E-state index is -0.0915. The van der Waals surface area contributed by atoms with Crippen molar-refractivity contribution in [3.05, 3.63) is 47.6 Å². The summed E-state index contributed by atoms with van der Waals surface area (Å²) in [6.45, 7) is 2.35. The highest BCUT2D eigenvalue weighted by Gasteiger charge is 2.41. The molecule has 2 aromatic rings. The van der Waals surface area contributed by atoms with Gasteiger partial charge in [0.05, 0.1) is 12.0 Å². The van der Waals surface area contributed by atoms with Gasteiger partial charge >= 0.3 is 0 Å². The Morgan fingerprint density at radius 1 is 1.14 bits per heavy atom. The predicted molar refractivity (Wildman–Crippen MR) is 107 cm³/mol. The Balaban J connectivity index is 1.15. The van der Waals surface area contributed by atoms with Crippen molar-refractivity contribution in [2.75, 3.05) is 19.7 Å². The van der Waals surface area contributed by atoms with E-state index in [2.05, 4.69) is 10.1 Å². The van der Waals surface area contributed by atoms with Crippen LogP contribution in [0.3, 0.4) is 0 Å². The van der Waals surface area contributed by atoms with Gasteiger partial charge in [0.2, 0.25) is 11.8 Å². The van der Waals surface area contributed by atoms with Crippen LogP contribution >= 0.6 is 0 Å². The van der Waals surface area contributed by atoms with Gasteiger partial charge in [-0.3, -0.25) is 4.79 Å². The van der Waals surface area contributed by atoms with Gasteiger partial charge in [0.1, 0.15) is 0 Å². The maximum atomic E-state index is 12.7. The largest absolute Gasteiger partial charge is 0.375 e. The van der Waals surface area contributed by atoms with Crippen LogP contribution < -0.4 is 0 Å². The van der Waals surface area contributed by atoms with Crippen molar-refractivity contribution < 1.29 is 14.1 Å². The number of likely N-dealkylation sites (tertiary alicyclic amines) is 1. The number of amides is 1. The van der Waals surface area contributed by atoms with E-state index in [0.29, 0.717) is 18.3 Å². The monoisotopic (exact) mass is 395 g/mol. The molecule has 1 amide bonds. The summed E-state index contributed by atoms with van der Waals surface area (Å²) in [4.78, 5) is 19.3. The topological polar surface area (TPSA) is 68.5 Å². The molecule has 1 spiro atoms. The lowest BCUT2D eigenvalue weighted by atomic mass is 9.78. The van der Waals surface area contributed by atoms with E-state index < -0.39 is 0 Å². The molecule has 3 heterocycles. The van der Waals surface area contributed by atoms with E-state index in [4.69, 9.17) is 9.26 Å². The highest BCUT2D eigenvalue weighted by molar-refractivity contribution is 5.78. The molecule has 0 radical (unpaired) electrons. The number of aromatic nitrogens is 2. The van der Waals surface area contributed by atoms with Crippen LogP contribution in [0.4, 0.5) is 0 Å². The second kappa shape index (κ2) is 7.90. The van der Waals surface area contributed by atoms with Crippen molar-refractivity contribution in [1.29, 1.82) is 0 Å². The van der Waals surface area contributed by atoms with Crippen LogP contribution in [-0.2, 0) is 22.4 Å². The molecule has 3 aliphatic rings. The van der Waals surface area contributed by atoms with E-state index in [1.54, 1.807) is 0 Å². The summed E-state index contributed by atoms with van der Waals surface area (Å²) in [6.07, 6.45) is 7.62. The van der Waals surface area contributed by atoms with Gasteiger partial charge < -0.3 is 14.2 Å². The lowest BCUT2D eigenvalue weighted by Gasteiger charge is -2.46. The molecule has 6 heteroatoms. The Kier molecular flexibility index (Phi) is 5.12. The molecule has 29 heavy (non-hydrogen) atoms. The molecule has 0 bridgehead atoms. The maximum Gasteiger partial charge on any atom is 0.226 e. The molecule has 1 unspecified atom stereocenters. The second-order valence-corrected chi connectivity index (χ2v) is 8.96. The van der Waals surface area contributed by atoms with E-state index >= 15 is 0 Å². The van der Waals surface area contributed by atoms with Crippen molar-refractivity contribution in [3.63, 3.8) is 0 Å². The van der Waals surface area contributed by atoms with Crippen molar-refractivity contribution in [3.8, 4) is 0 Å². The molecule has 1 aromatic carbocycles. The standard InChI is InChI=1S/C23H29N3O3/c27-21(15-17-4-2-1-3-5-17)26-11-9-23(10-12-26)16-18(8-13-28-23)14-20-24-22(25-29-20)19-6-7-19/h1-5,18-19H,6-16H2. The highest BCUT2D eigenvalue weighted by atomic mass is 16.5. The van der Waals surface area contributed by atoms with Gasteiger partial charge in [-0.15, -0.1) is 0 Å². The van der Waals surface area contributed by atoms with E-state index in [1.807, 2.05) is 35.2 Å². The Morgan fingerprint density at radius 3 is 2.69 bits per heavy atom. The fraction of sp³-hybridized carbons (Fsp3) is 0.609. The summed E-state index contributed by atoms with van der Waals surface area (Å²) in [6, 6.07) is 9.99. The second-order valence-electron chi connectivity index (χ2n) is 8.96. The lowest BCUT2D eigenvalue weighted by Crippen LogP contribution is -2.51. The van der Waals surface area contributed by atoms with Crippen molar-refractivity contribution in [2.45, 2.75) is 62.9 Å². The quantitative estimate of drug-likeness (QED) is 0.775. The van der Waals surface area contributed by atoms with Crippen LogP contribution in [0.5, 0.6) is 0 Å². The summed E-state index contributed by atoms with van der Waals surface area (Å²) >= 11 is 0. The normalized spacial score (nSPS) is 24.0. The van der Waals surface area contributed by atoms with Crippen molar-refractivity contribution >= 4 is 5.91 Å². The summed E-state index contributed by atoms with van der Waals surface area (Å²) in [5, 5.41) is 4.15. The molecule has 0 N–H and O–H groups in total. The summed E-state index contributed by atoms with van der Waals surface area (Å²) in [7, 11) is 0. The Hall–Kier alpha value is -2.21. The Morgan fingerprint density at radius 2 is 1.93 bits per heavy atom. The molecule has 5 rings (SSSR count). The van der Waals surface area contributed by atoms with Gasteiger partial charge in [0, 0.05) is 32.0 Å². The molecular weight excluding hydrogens is 366 g/mol. The van der Waals surface area contributed by atoms with Crippen LogP contribution in [-0.4, -0.2) is 46.2 Å². The zero-order valence-corrected chi connectivity index (χ0v) is 16.9. The third-order valence-electron chi connectivity index (χ3n) is 6.71. The lowest BCUT2D eigenvalue weighted by molar-refractivity contribution is -0.146. The van der Waals surface area contributed by atoms with Crippen LogP contribution in [0.15, 0.2) is 34.9 Å². The fourth-order valence-electron chi connectivity index (χ4n) is 4.80. The van der Waals surface area contributed by atoms with Crippen molar-refractivity contribution in [2.24, 2.45) is 5.92 Å². The first kappa shape index (κ1) is 18.8. The molecule has 6 nitrogen and oxygen atoms in total. The number of hydrogen-bond acceptors (Lipinski definition) is 5. The highest BCUT2D eigenvalue weighted by Crippen LogP contribution is 2.40. The maximum absolute atomic E-state index is 12.7. The number of nitrogens with zero attached hydrogens (tertiary/aromatic N) is 3. The molecule has 2 aliphatic heterocycles. The number of rotatable bonds is 5. The average Bonchev–Trinajstić information content (AvgIpc) is 3.49. The first-order valence-electron chi connectivity index (χ1n) is 11.0. The number of hydrogen-bond donors (Lipinski definition) is 0. The van der Waals surface area contributed by atoms with Gasteiger partial charge in [-0.25, -0.2) is 0 Å². The fourth-order valence-corrected chi connectivity index (χ4v) is 4.80. The molecule has 2 saturated heterocycles. The van der Waals surface area contributed by atoms with Gasteiger partial charge in [-0.05, 0) is 50.0 Å². The molecule has 1 atom stereocenters. The van der Waals surface area contributed by atoms with Gasteiger partial charge in [0.25, 0.3) is 0 Å². The molecule has 1 saturated carbocycles. The van der Waals surface area contributed by atoms with Gasteiger partial charge in [-0.2, -0.15) is 4.98 Å². The van der Waals surface area contributed by atoms with Crippen LogP contribution in [0.1, 0.15) is 61.7 Å². The first-order valence-corrected chi connectivity index (χ1v) is 11.0. The molecule has 1 aromatic heterocycles. The Labute approximate surface area is 171 Å². The Bertz CT molecular complexity index is 838. The molecule has 154 valence electrons. The minimum absolute atomic E-state index is 0.0915. The van der Waals surface area contributed by atoms with Crippen LogP contribution in [0.25, 0.3) is 0 Å². The van der Waals surface area contributed by atoms with E-state index in [1.165, 1.54) is 12.8 Å². The predicted octanol–water partition coefficient (Wildman–Crippen LogP) is 3.52. The minimum Gasteiger partial charge on any atom is -0.375 e. The summed E-state index contributed by atoms with van der Waals surface area (Å²) < 4.78 is 11.8. The summed E-state index contributed by atoms with van der Waals surface area (Å²) in [5.41, 5.74) is 0.989. The third-order valence-corrected chi connectivity index (χ3v) is 6.71. The zero-order chi connectivity index (χ0) is 19.7. The summed E-state index contributed by atoms with van der Waals surface area (Å²) in [5.74, 6) is 2.95. The van der Waals surface area contributed by atoms with Crippen molar-refractivity contribution in [1.82, 2.24) is 15.0 Å². The number of piperidine rings is 1. The van der Waals surface area contributed by atoms with Crippen LogP contribution in [0.2, 0.25) is 0 Å². The number of carbonyl (C=O) groups excluding carboxylic acids is 1. The van der Waals surface area contributed by atoms with E-state index in [0.717, 1.165) is 69.1 Å². The molecule has 3 fully saturated rings. The molecular formula is C23H29N3O3. The van der Waals surface area contributed by atoms with E-state index in [9.17, 15) is 4.79 Å². The molecule has 1 aliphatic carbocycles. The van der Waals surface area contributed by atoms with E-state index in [-0.39, 0.29) is 11.5 Å². The number of ether oxygens (including phenoxy) is 1. The van der Waals surface area contributed by atoms with Gasteiger partial charge in [-0.1, -0.05) is 35.5 Å². The first-order chi connectivity index (χ1) is 14.2. The zero-order valence-electron chi connectivity index (χ0n) is 16.9. The number of benzene rings is 1. The van der Waals surface area contributed by atoms with Gasteiger partial charge in [0.15, 0.2) is 5.82 Å².